The van der Waals surface area contributed by atoms with Crippen LogP contribution in [-0.2, 0) is 4.79 Å². The minimum absolute atomic E-state index is 0.0185. The van der Waals surface area contributed by atoms with Crippen molar-refractivity contribution in [2.45, 2.75) is 53.5 Å². The summed E-state index contributed by atoms with van der Waals surface area (Å²) >= 11 is 0. The third kappa shape index (κ3) is 11.3. The number of carbonyl (C=O) groups is 1. The van der Waals surface area contributed by atoms with Gasteiger partial charge >= 0.3 is 0 Å². The van der Waals surface area contributed by atoms with E-state index in [0.717, 1.165) is 6.04 Å². The number of carbonyl (C=O) groups excluding carboxylic acids is 1. The molecule has 0 bridgehead atoms. The van der Waals surface area contributed by atoms with Gasteiger partial charge in [0.2, 0.25) is 0 Å². The summed E-state index contributed by atoms with van der Waals surface area (Å²) in [7, 11) is 0. The van der Waals surface area contributed by atoms with Crippen molar-refractivity contribution >= 4 is 5.78 Å². The standard InChI is InChI=1S/C7H15N.C4H6O.C2H6/c1-7(2)8-5-3-4-6-8;1-3-4(2)5;1-2/h7H,3-6H2,1-2H3;3H,1H2,2H3;1-2H3. The Balaban J connectivity index is 0. The molecule has 2 nitrogen and oxygen atoms in total. The summed E-state index contributed by atoms with van der Waals surface area (Å²) < 4.78 is 0. The van der Waals surface area contributed by atoms with Crippen LogP contribution in [0.1, 0.15) is 47.5 Å². The first-order valence-electron chi connectivity index (χ1n) is 5.95. The van der Waals surface area contributed by atoms with Gasteiger partial charge in [0, 0.05) is 6.04 Å². The average Bonchev–Trinajstić information content (AvgIpc) is 2.75. The van der Waals surface area contributed by atoms with Crippen LogP contribution in [0.5, 0.6) is 0 Å². The zero-order chi connectivity index (χ0) is 12.3. The van der Waals surface area contributed by atoms with Crippen LogP contribution >= 0.6 is 0 Å². The van der Waals surface area contributed by atoms with E-state index in [1.165, 1.54) is 38.9 Å². The van der Waals surface area contributed by atoms with Gasteiger partial charge in [-0.05, 0) is 52.8 Å². The monoisotopic (exact) mass is 213 g/mol. The Morgan fingerprint density at radius 1 is 1.27 bits per heavy atom. The largest absolute Gasteiger partial charge is 0.301 e. The Morgan fingerprint density at radius 3 is 1.73 bits per heavy atom. The molecule has 1 saturated heterocycles. The highest BCUT2D eigenvalue weighted by molar-refractivity contribution is 5.86. The van der Waals surface area contributed by atoms with E-state index in [1.807, 2.05) is 13.8 Å². The normalized spacial score (nSPS) is 14.8. The molecule has 0 aromatic heterocycles. The number of hydrogen-bond donors (Lipinski definition) is 0. The molecule has 0 aliphatic carbocycles. The van der Waals surface area contributed by atoms with Crippen molar-refractivity contribution in [1.82, 2.24) is 4.90 Å². The second kappa shape index (κ2) is 11.4. The number of hydrogen-bond acceptors (Lipinski definition) is 2. The molecule has 1 heterocycles. The smallest absolute Gasteiger partial charge is 0.152 e. The van der Waals surface area contributed by atoms with Crippen LogP contribution in [0, 0.1) is 0 Å². The zero-order valence-corrected chi connectivity index (χ0v) is 11.0. The first-order chi connectivity index (χ1) is 7.07. The predicted octanol–water partition coefficient (Wildman–Crippen LogP) is 3.28. The lowest BCUT2D eigenvalue weighted by Crippen LogP contribution is -2.26. The lowest BCUT2D eigenvalue weighted by molar-refractivity contribution is -0.112. The van der Waals surface area contributed by atoms with Gasteiger partial charge in [-0.2, -0.15) is 0 Å². The average molecular weight is 213 g/mol. The third-order valence-corrected chi connectivity index (χ3v) is 2.16. The first kappa shape index (κ1) is 16.8. The third-order valence-electron chi connectivity index (χ3n) is 2.16. The number of likely N-dealkylation sites (tertiary alicyclic amines) is 1. The Kier molecular flexibility index (Phi) is 12.8. The highest BCUT2D eigenvalue weighted by Gasteiger charge is 2.13. The van der Waals surface area contributed by atoms with Crippen molar-refractivity contribution in [3.63, 3.8) is 0 Å². The molecule has 1 rings (SSSR count). The Bertz CT molecular complexity index is 158. The van der Waals surface area contributed by atoms with Crippen molar-refractivity contribution in [2.75, 3.05) is 13.1 Å². The molecule has 1 aliphatic rings. The van der Waals surface area contributed by atoms with E-state index in [-0.39, 0.29) is 5.78 Å². The topological polar surface area (TPSA) is 20.3 Å². The summed E-state index contributed by atoms with van der Waals surface area (Å²) in [6.45, 7) is 15.9. The number of ketones is 1. The Hall–Kier alpha value is -0.630. The van der Waals surface area contributed by atoms with E-state index in [4.69, 9.17) is 0 Å². The maximum Gasteiger partial charge on any atom is 0.152 e. The van der Waals surface area contributed by atoms with Gasteiger partial charge in [-0.25, -0.2) is 0 Å². The van der Waals surface area contributed by atoms with Crippen LogP contribution in [0.4, 0.5) is 0 Å². The fourth-order valence-corrected chi connectivity index (χ4v) is 1.26. The van der Waals surface area contributed by atoms with E-state index in [2.05, 4.69) is 25.3 Å². The summed E-state index contributed by atoms with van der Waals surface area (Å²) in [5.41, 5.74) is 0. The molecule has 0 N–H and O–H groups in total. The number of allylic oxidation sites excluding steroid dienone is 1. The van der Waals surface area contributed by atoms with Crippen LogP contribution in [0.3, 0.4) is 0 Å². The summed E-state index contributed by atoms with van der Waals surface area (Å²) in [6, 6.07) is 0.775. The molecule has 0 saturated carbocycles. The van der Waals surface area contributed by atoms with Crippen LogP contribution < -0.4 is 0 Å². The second-order valence-electron chi connectivity index (χ2n) is 3.65. The van der Waals surface area contributed by atoms with Gasteiger partial charge in [0.25, 0.3) is 0 Å². The number of rotatable bonds is 2. The molecule has 15 heavy (non-hydrogen) atoms. The lowest BCUT2D eigenvalue weighted by atomic mass is 10.3. The van der Waals surface area contributed by atoms with E-state index in [1.54, 1.807) is 0 Å². The molecule has 0 aromatic rings. The summed E-state index contributed by atoms with van der Waals surface area (Å²) in [5, 5.41) is 0. The molecule has 0 unspecified atom stereocenters. The minimum Gasteiger partial charge on any atom is -0.301 e. The maximum atomic E-state index is 9.69. The fraction of sp³-hybridized carbons (Fsp3) is 0.769. The maximum absolute atomic E-state index is 9.69. The minimum atomic E-state index is 0.0185. The highest BCUT2D eigenvalue weighted by Crippen LogP contribution is 2.09. The molecule has 0 amide bonds. The van der Waals surface area contributed by atoms with Crippen molar-refractivity contribution in [2.24, 2.45) is 0 Å². The Labute approximate surface area is 95.4 Å². The van der Waals surface area contributed by atoms with Crippen LogP contribution in [0.2, 0.25) is 0 Å². The van der Waals surface area contributed by atoms with Crippen LogP contribution in [-0.4, -0.2) is 29.8 Å². The van der Waals surface area contributed by atoms with Gasteiger partial charge in [0.05, 0.1) is 0 Å². The van der Waals surface area contributed by atoms with Gasteiger partial charge in [-0.1, -0.05) is 20.4 Å². The molecule has 2 heteroatoms. The summed E-state index contributed by atoms with van der Waals surface area (Å²) in [5.74, 6) is 0.0185. The summed E-state index contributed by atoms with van der Waals surface area (Å²) in [6.07, 6.45) is 4.11. The van der Waals surface area contributed by atoms with Crippen LogP contribution in [0.15, 0.2) is 12.7 Å². The molecule has 0 aromatic carbocycles. The van der Waals surface area contributed by atoms with Crippen LogP contribution in [0.25, 0.3) is 0 Å². The Morgan fingerprint density at radius 2 is 1.60 bits per heavy atom. The van der Waals surface area contributed by atoms with Gasteiger partial charge in [0.15, 0.2) is 5.78 Å². The van der Waals surface area contributed by atoms with Gasteiger partial charge < -0.3 is 4.90 Å². The second-order valence-corrected chi connectivity index (χ2v) is 3.65. The lowest BCUT2D eigenvalue weighted by Gasteiger charge is -2.18. The summed E-state index contributed by atoms with van der Waals surface area (Å²) in [4.78, 5) is 12.2. The van der Waals surface area contributed by atoms with E-state index >= 15 is 0 Å². The number of nitrogens with zero attached hydrogens (tertiary/aromatic N) is 1. The fourth-order valence-electron chi connectivity index (χ4n) is 1.26. The SMILES string of the molecule is C=CC(C)=O.CC.CC(C)N1CCCC1. The highest BCUT2D eigenvalue weighted by atomic mass is 16.1. The zero-order valence-electron chi connectivity index (χ0n) is 11.0. The first-order valence-corrected chi connectivity index (χ1v) is 5.95. The quantitative estimate of drug-likeness (QED) is 0.656. The van der Waals surface area contributed by atoms with E-state index in [9.17, 15) is 4.79 Å². The molecule has 1 fully saturated rings. The molecular formula is C13H27NO. The van der Waals surface area contributed by atoms with E-state index in [0.29, 0.717) is 0 Å². The molecule has 0 spiro atoms. The molecule has 0 atom stereocenters. The molecular weight excluding hydrogens is 186 g/mol. The van der Waals surface area contributed by atoms with Crippen molar-refractivity contribution in [3.8, 4) is 0 Å². The molecule has 1 aliphatic heterocycles. The van der Waals surface area contributed by atoms with Crippen molar-refractivity contribution in [3.05, 3.63) is 12.7 Å². The van der Waals surface area contributed by atoms with Gasteiger partial charge in [0.1, 0.15) is 0 Å². The molecule has 90 valence electrons. The van der Waals surface area contributed by atoms with Crippen molar-refractivity contribution < 1.29 is 4.79 Å². The van der Waals surface area contributed by atoms with Gasteiger partial charge in [-0.3, -0.25) is 4.79 Å². The van der Waals surface area contributed by atoms with E-state index < -0.39 is 0 Å². The predicted molar refractivity (Wildman–Crippen MR) is 68.2 cm³/mol. The van der Waals surface area contributed by atoms with Crippen molar-refractivity contribution in [1.29, 1.82) is 0 Å². The molecule has 0 radical (unpaired) electrons. The van der Waals surface area contributed by atoms with Gasteiger partial charge in [-0.15, -0.1) is 0 Å².